The van der Waals surface area contributed by atoms with Crippen LogP contribution < -0.4 is 0 Å². The van der Waals surface area contributed by atoms with E-state index in [-0.39, 0.29) is 0 Å². The minimum absolute atomic E-state index is 0.863. The summed E-state index contributed by atoms with van der Waals surface area (Å²) in [7, 11) is 0. The van der Waals surface area contributed by atoms with Gasteiger partial charge in [0, 0.05) is 0 Å². The van der Waals surface area contributed by atoms with Crippen LogP contribution in [0.1, 0.15) is 13.8 Å². The van der Waals surface area contributed by atoms with Crippen molar-refractivity contribution in [2.45, 2.75) is 13.8 Å². The Morgan fingerprint density at radius 2 is 1.89 bits per heavy atom. The van der Waals surface area contributed by atoms with Gasteiger partial charge in [-0.3, -0.25) is 4.90 Å². The van der Waals surface area contributed by atoms with Crippen LogP contribution in [0, 0.1) is 6.04 Å². The molecule has 1 aliphatic heterocycles. The molecule has 2 heteroatoms. The van der Waals surface area contributed by atoms with E-state index in [2.05, 4.69) is 18.7 Å². The third-order valence-electron chi connectivity index (χ3n) is 1.75. The van der Waals surface area contributed by atoms with Gasteiger partial charge in [0.1, 0.15) is 0 Å². The van der Waals surface area contributed by atoms with Crippen LogP contribution in [0.15, 0.2) is 0 Å². The molecule has 0 atom stereocenters. The molecule has 0 aromatic carbocycles. The molecule has 0 aromatic rings. The largest absolute Gasteiger partial charge is 0.377 e. The average Bonchev–Trinajstić information content (AvgIpc) is 1.78. The van der Waals surface area contributed by atoms with Gasteiger partial charge in [0.25, 0.3) is 0 Å². The van der Waals surface area contributed by atoms with Gasteiger partial charge in [0.05, 0.1) is 19.3 Å². The lowest BCUT2D eigenvalue weighted by Crippen LogP contribution is -2.41. The van der Waals surface area contributed by atoms with E-state index in [0.717, 1.165) is 26.3 Å². The van der Waals surface area contributed by atoms with Crippen molar-refractivity contribution in [3.8, 4) is 0 Å². The van der Waals surface area contributed by atoms with Crippen LogP contribution in [0.25, 0.3) is 0 Å². The lowest BCUT2D eigenvalue weighted by molar-refractivity contribution is 0.00464. The second kappa shape index (κ2) is 3.18. The molecule has 0 amide bonds. The third kappa shape index (κ3) is 1.43. The third-order valence-corrected chi connectivity index (χ3v) is 1.75. The summed E-state index contributed by atoms with van der Waals surface area (Å²) in [5.74, 6) is 0. The van der Waals surface area contributed by atoms with Crippen LogP contribution in [0.5, 0.6) is 0 Å². The van der Waals surface area contributed by atoms with E-state index < -0.39 is 0 Å². The molecule has 1 aliphatic rings. The number of rotatable bonds is 3. The lowest BCUT2D eigenvalue weighted by Gasteiger charge is -2.34. The van der Waals surface area contributed by atoms with Gasteiger partial charge in [-0.15, -0.1) is 0 Å². The Hall–Kier alpha value is -0.0800. The van der Waals surface area contributed by atoms with E-state index in [0.29, 0.717) is 0 Å². The van der Waals surface area contributed by atoms with Crippen molar-refractivity contribution in [3.05, 3.63) is 6.04 Å². The standard InChI is InChI=1S/C7H14NO/c1-3-8(4-2)7-5-9-6-7/h3-6H2,1-2H3. The smallest absolute Gasteiger partial charge is 0.0909 e. The minimum atomic E-state index is 0.863. The Balaban J connectivity index is 2.19. The summed E-state index contributed by atoms with van der Waals surface area (Å²) in [6.07, 6.45) is 0. The van der Waals surface area contributed by atoms with Gasteiger partial charge in [0.2, 0.25) is 0 Å². The van der Waals surface area contributed by atoms with E-state index >= 15 is 0 Å². The van der Waals surface area contributed by atoms with E-state index in [9.17, 15) is 0 Å². The first-order valence-electron chi connectivity index (χ1n) is 3.55. The first kappa shape index (κ1) is 7.03. The number of ether oxygens (including phenoxy) is 1. The average molecular weight is 128 g/mol. The highest BCUT2D eigenvalue weighted by Crippen LogP contribution is 2.16. The summed E-state index contributed by atoms with van der Waals surface area (Å²) in [5, 5.41) is 0. The Morgan fingerprint density at radius 1 is 1.33 bits per heavy atom. The van der Waals surface area contributed by atoms with Crippen molar-refractivity contribution in [1.82, 2.24) is 4.90 Å². The van der Waals surface area contributed by atoms with Crippen molar-refractivity contribution >= 4 is 0 Å². The van der Waals surface area contributed by atoms with Gasteiger partial charge < -0.3 is 4.74 Å². The molecule has 53 valence electrons. The van der Waals surface area contributed by atoms with Gasteiger partial charge in [-0.2, -0.15) is 0 Å². The molecule has 1 fully saturated rings. The van der Waals surface area contributed by atoms with Crippen molar-refractivity contribution in [1.29, 1.82) is 0 Å². The molecule has 0 unspecified atom stereocenters. The fourth-order valence-electron chi connectivity index (χ4n) is 1.05. The molecule has 9 heavy (non-hydrogen) atoms. The van der Waals surface area contributed by atoms with Crippen LogP contribution in [0.2, 0.25) is 0 Å². The SMILES string of the molecule is CCN(CC)[C]1COC1. The van der Waals surface area contributed by atoms with Crippen molar-refractivity contribution in [2.24, 2.45) is 0 Å². The summed E-state index contributed by atoms with van der Waals surface area (Å²) >= 11 is 0. The predicted octanol–water partition coefficient (Wildman–Crippen LogP) is 0.890. The van der Waals surface area contributed by atoms with Crippen LogP contribution in [-0.4, -0.2) is 31.2 Å². The van der Waals surface area contributed by atoms with Crippen LogP contribution in [0.3, 0.4) is 0 Å². The normalized spacial score (nSPS) is 20.3. The van der Waals surface area contributed by atoms with E-state index in [1.54, 1.807) is 0 Å². The summed E-state index contributed by atoms with van der Waals surface area (Å²) in [4.78, 5) is 2.35. The molecule has 0 aliphatic carbocycles. The number of hydrogen-bond donors (Lipinski definition) is 0. The second-order valence-corrected chi connectivity index (χ2v) is 2.23. The fourth-order valence-corrected chi connectivity index (χ4v) is 1.05. The summed E-state index contributed by atoms with van der Waals surface area (Å²) in [6.45, 7) is 8.32. The monoisotopic (exact) mass is 128 g/mol. The molecule has 0 N–H and O–H groups in total. The molecule has 1 saturated heterocycles. The Labute approximate surface area is 56.8 Å². The van der Waals surface area contributed by atoms with Crippen LogP contribution >= 0.6 is 0 Å². The van der Waals surface area contributed by atoms with Gasteiger partial charge in [0.15, 0.2) is 0 Å². The Bertz CT molecular complexity index is 77.0. The number of likely N-dealkylation sites (N-methyl/N-ethyl adjacent to an activating group) is 1. The van der Waals surface area contributed by atoms with Gasteiger partial charge in [-0.1, -0.05) is 13.8 Å². The molecular weight excluding hydrogens is 114 g/mol. The molecule has 1 heterocycles. The van der Waals surface area contributed by atoms with Crippen molar-refractivity contribution in [3.63, 3.8) is 0 Å². The Kier molecular flexibility index (Phi) is 2.49. The van der Waals surface area contributed by atoms with E-state index in [4.69, 9.17) is 4.74 Å². The molecule has 0 saturated carbocycles. The summed E-state index contributed by atoms with van der Waals surface area (Å²) in [6, 6.07) is 1.46. The molecule has 0 aromatic heterocycles. The van der Waals surface area contributed by atoms with Gasteiger partial charge >= 0.3 is 0 Å². The van der Waals surface area contributed by atoms with Gasteiger partial charge in [-0.05, 0) is 13.1 Å². The second-order valence-electron chi connectivity index (χ2n) is 2.23. The zero-order valence-corrected chi connectivity index (χ0v) is 6.18. The minimum Gasteiger partial charge on any atom is -0.377 e. The topological polar surface area (TPSA) is 12.5 Å². The van der Waals surface area contributed by atoms with Crippen LogP contribution in [0.4, 0.5) is 0 Å². The molecule has 1 rings (SSSR count). The lowest BCUT2D eigenvalue weighted by atomic mass is 10.2. The zero-order valence-electron chi connectivity index (χ0n) is 6.18. The molecule has 2 nitrogen and oxygen atoms in total. The fraction of sp³-hybridized carbons (Fsp3) is 0.857. The maximum Gasteiger partial charge on any atom is 0.0909 e. The zero-order chi connectivity index (χ0) is 6.69. The highest BCUT2D eigenvalue weighted by Gasteiger charge is 2.24. The molecule has 1 radical (unpaired) electrons. The highest BCUT2D eigenvalue weighted by atomic mass is 16.5. The van der Waals surface area contributed by atoms with E-state index in [1.165, 1.54) is 6.04 Å². The molecule has 0 bridgehead atoms. The highest BCUT2D eigenvalue weighted by molar-refractivity contribution is 4.95. The quantitative estimate of drug-likeness (QED) is 0.559. The number of hydrogen-bond acceptors (Lipinski definition) is 2. The first-order valence-corrected chi connectivity index (χ1v) is 3.55. The van der Waals surface area contributed by atoms with Crippen LogP contribution in [-0.2, 0) is 4.74 Å². The predicted molar refractivity (Wildman–Crippen MR) is 37.0 cm³/mol. The Morgan fingerprint density at radius 3 is 2.00 bits per heavy atom. The molecular formula is C7H14NO. The maximum absolute atomic E-state index is 5.04. The van der Waals surface area contributed by atoms with Crippen molar-refractivity contribution in [2.75, 3.05) is 26.3 Å². The summed E-state index contributed by atoms with van der Waals surface area (Å²) in [5.41, 5.74) is 0. The van der Waals surface area contributed by atoms with E-state index in [1.807, 2.05) is 0 Å². The maximum atomic E-state index is 5.04. The first-order chi connectivity index (χ1) is 4.38. The molecule has 0 spiro atoms. The number of nitrogens with zero attached hydrogens (tertiary/aromatic N) is 1. The summed E-state index contributed by atoms with van der Waals surface area (Å²) < 4.78 is 5.04. The van der Waals surface area contributed by atoms with Crippen molar-refractivity contribution < 1.29 is 4.74 Å². The van der Waals surface area contributed by atoms with Gasteiger partial charge in [-0.25, -0.2) is 0 Å².